The molecule has 0 saturated carbocycles. The molecule has 239 valence electrons. The molecule has 1 radical (unpaired) electrons. The number of nitrogens with one attached hydrogen (secondary N) is 5. The quantitative estimate of drug-likeness (QED) is 0.0706. The van der Waals surface area contributed by atoms with Crippen molar-refractivity contribution in [2.45, 2.75) is 74.1 Å². The largest absolute Gasteiger partial charge is 0.354 e. The predicted octanol–water partition coefficient (Wildman–Crippen LogP) is 5.73. The van der Waals surface area contributed by atoms with Gasteiger partial charge in [0.15, 0.2) is 0 Å². The van der Waals surface area contributed by atoms with E-state index in [1.807, 2.05) is 0 Å². The summed E-state index contributed by atoms with van der Waals surface area (Å²) in [6.07, 6.45) is 5.17. The van der Waals surface area contributed by atoms with Crippen molar-refractivity contribution in [1.29, 1.82) is 0 Å². The molecule has 2 aromatic heterocycles. The van der Waals surface area contributed by atoms with E-state index >= 15 is 0 Å². The Labute approximate surface area is 277 Å². The molecule has 41 heavy (non-hydrogen) atoms. The zero-order valence-corrected chi connectivity index (χ0v) is 29.0. The van der Waals surface area contributed by atoms with Gasteiger partial charge in [-0.3, -0.25) is 9.63 Å². The average molecular weight is 753 g/mol. The fourth-order valence-electron chi connectivity index (χ4n) is 2.12. The molecule has 0 saturated heterocycles. The van der Waals surface area contributed by atoms with Gasteiger partial charge in [-0.1, -0.05) is 42.0 Å². The molecule has 0 bridgehead atoms. The Bertz CT molecular complexity index is 793. The summed E-state index contributed by atoms with van der Waals surface area (Å²) in [6.45, 7) is 13.6. The predicted molar refractivity (Wildman–Crippen MR) is 176 cm³/mol. The molecule has 2 aromatic rings. The summed E-state index contributed by atoms with van der Waals surface area (Å²) >= 11 is 7.99. The SMILES string of the molecule is C.CCCNc1nc(Cl)nc(NCCC)n1.CCCNc1nc(NCCC)nc(N(C)O)n1.CC[CH-]I.CNO.[V]. The zero-order valence-electron chi connectivity index (χ0n) is 24.7. The first-order valence-corrected chi connectivity index (χ1v) is 14.7. The standard InChI is InChI=1S/C10H20N6O.C9H16ClN5.C3H6I.CH5NO.CH4.V/c1-4-6-11-8-13-9(12-7-5-2)15-10(14-8)16(3)17;1-3-5-11-8-13-7(10)14-9(15-8)12-6-4-2;1-2-3-4;1-2-3;;/h17H,4-7H2,1-3H3,(H2,11,12,13,14,15);3-6H2,1-2H3,(H2,11,12,13,14,15);3H,2H2,1H3;2-3H,1H3;1H4;/q;;-1;;;. The van der Waals surface area contributed by atoms with Crippen molar-refractivity contribution in [3.63, 3.8) is 0 Å². The number of aromatic nitrogens is 6. The van der Waals surface area contributed by atoms with Crippen LogP contribution < -0.4 is 31.8 Å². The minimum absolute atomic E-state index is 0. The fraction of sp³-hybridized carbons (Fsp3) is 0.708. The van der Waals surface area contributed by atoms with Gasteiger partial charge in [0.2, 0.25) is 29.1 Å². The molecule has 0 atom stereocenters. The van der Waals surface area contributed by atoms with Crippen LogP contribution in [0.15, 0.2) is 0 Å². The van der Waals surface area contributed by atoms with E-state index in [2.05, 4.69) is 113 Å². The van der Waals surface area contributed by atoms with E-state index in [9.17, 15) is 5.21 Å². The van der Waals surface area contributed by atoms with Crippen LogP contribution in [-0.4, -0.2) is 80.6 Å². The van der Waals surface area contributed by atoms with Gasteiger partial charge in [-0.15, -0.1) is 0 Å². The summed E-state index contributed by atoms with van der Waals surface area (Å²) in [7, 11) is 2.91. The second-order valence-corrected chi connectivity index (χ2v) is 8.77. The maximum atomic E-state index is 9.35. The molecule has 0 aliphatic rings. The van der Waals surface area contributed by atoms with Crippen molar-refractivity contribution in [2.24, 2.45) is 0 Å². The van der Waals surface area contributed by atoms with Gasteiger partial charge in [-0.05, 0) is 37.3 Å². The number of halogens is 2. The summed E-state index contributed by atoms with van der Waals surface area (Å²) in [5.41, 5.74) is 1.75. The van der Waals surface area contributed by atoms with Gasteiger partial charge in [0, 0.05) is 58.8 Å². The minimum Gasteiger partial charge on any atom is -0.354 e. The van der Waals surface area contributed by atoms with Gasteiger partial charge < -0.3 is 49.1 Å². The normalized spacial score (nSPS) is 9.05. The average Bonchev–Trinajstić information content (AvgIpc) is 2.93. The molecule has 17 heteroatoms. The molecular formula is C24H51ClIN12O2V-. The van der Waals surface area contributed by atoms with Gasteiger partial charge in [0.1, 0.15) is 0 Å². The maximum Gasteiger partial charge on any atom is 0.255 e. The van der Waals surface area contributed by atoms with Crippen LogP contribution in [0.25, 0.3) is 0 Å². The Kier molecular flexibility index (Phi) is 37.4. The molecule has 0 amide bonds. The van der Waals surface area contributed by atoms with Crippen molar-refractivity contribution < 1.29 is 29.0 Å². The van der Waals surface area contributed by atoms with E-state index in [4.69, 9.17) is 16.8 Å². The van der Waals surface area contributed by atoms with Crippen molar-refractivity contribution in [2.75, 3.05) is 66.6 Å². The fourth-order valence-corrected chi connectivity index (χ4v) is 2.28. The van der Waals surface area contributed by atoms with Crippen molar-refractivity contribution in [3.8, 4) is 0 Å². The summed E-state index contributed by atoms with van der Waals surface area (Å²) in [5, 5.41) is 30.0. The van der Waals surface area contributed by atoms with Crippen LogP contribution in [0.4, 0.5) is 29.7 Å². The molecule has 0 aromatic carbocycles. The van der Waals surface area contributed by atoms with Gasteiger partial charge in [0.25, 0.3) is 5.95 Å². The van der Waals surface area contributed by atoms with Crippen molar-refractivity contribution in [3.05, 3.63) is 9.71 Å². The molecule has 7 N–H and O–H groups in total. The minimum atomic E-state index is 0. The van der Waals surface area contributed by atoms with Crippen LogP contribution >= 0.6 is 34.2 Å². The van der Waals surface area contributed by atoms with Crippen LogP contribution in [-0.2, 0) is 18.6 Å². The Morgan fingerprint density at radius 3 is 1.22 bits per heavy atom. The van der Waals surface area contributed by atoms with Crippen LogP contribution in [0.2, 0.25) is 5.28 Å². The first-order chi connectivity index (χ1) is 18.8. The topological polar surface area (TPSA) is 181 Å². The maximum absolute atomic E-state index is 9.35. The molecule has 14 nitrogen and oxygen atoms in total. The van der Waals surface area contributed by atoms with E-state index in [-0.39, 0.29) is 37.2 Å². The van der Waals surface area contributed by atoms with E-state index in [0.29, 0.717) is 23.8 Å². The first-order valence-electron chi connectivity index (χ1n) is 13.0. The molecule has 0 aliphatic heterocycles. The van der Waals surface area contributed by atoms with Gasteiger partial charge in [0.05, 0.1) is 0 Å². The van der Waals surface area contributed by atoms with Crippen LogP contribution in [0.1, 0.15) is 74.1 Å². The third-order valence-electron chi connectivity index (χ3n) is 3.81. The summed E-state index contributed by atoms with van der Waals surface area (Å²) in [4.78, 5) is 24.5. The summed E-state index contributed by atoms with van der Waals surface area (Å²) in [5.74, 6) is 2.20. The van der Waals surface area contributed by atoms with E-state index < -0.39 is 0 Å². The molecule has 0 unspecified atom stereocenters. The van der Waals surface area contributed by atoms with E-state index in [0.717, 1.165) is 56.9 Å². The first kappa shape index (κ1) is 46.5. The summed E-state index contributed by atoms with van der Waals surface area (Å²) in [6, 6.07) is 0. The Hall–Kier alpha value is -1.50. The second-order valence-electron chi connectivity index (χ2n) is 7.55. The zero-order chi connectivity index (χ0) is 29.9. The van der Waals surface area contributed by atoms with E-state index in [1.165, 1.54) is 20.5 Å². The molecule has 0 fully saturated rings. The molecule has 0 spiro atoms. The van der Waals surface area contributed by atoms with Crippen LogP contribution in [0.3, 0.4) is 0 Å². The second kappa shape index (κ2) is 33.0. The van der Waals surface area contributed by atoms with Crippen molar-refractivity contribution in [1.82, 2.24) is 35.4 Å². The monoisotopic (exact) mass is 752 g/mol. The van der Waals surface area contributed by atoms with Gasteiger partial charge >= 0.3 is 0 Å². The Balaban J connectivity index is -0.000000263. The number of hydrogen-bond donors (Lipinski definition) is 7. The molecular weight excluding hydrogens is 702 g/mol. The number of rotatable bonds is 14. The van der Waals surface area contributed by atoms with E-state index in [1.54, 1.807) is 5.48 Å². The number of anilines is 5. The van der Waals surface area contributed by atoms with Crippen molar-refractivity contribution >= 4 is 63.9 Å². The van der Waals surface area contributed by atoms with Crippen LogP contribution in [0, 0.1) is 4.43 Å². The smallest absolute Gasteiger partial charge is 0.255 e. The number of nitrogens with zero attached hydrogens (tertiary/aromatic N) is 7. The number of hydroxylamine groups is 2. The van der Waals surface area contributed by atoms with Gasteiger partial charge in [-0.2, -0.15) is 36.3 Å². The molecule has 0 aliphatic carbocycles. The molecule has 2 rings (SSSR count). The third kappa shape index (κ3) is 27.1. The van der Waals surface area contributed by atoms with Gasteiger partial charge in [-0.25, -0.2) is 10.5 Å². The summed E-state index contributed by atoms with van der Waals surface area (Å²) < 4.78 is 2.09. The Morgan fingerprint density at radius 2 is 1.00 bits per heavy atom. The van der Waals surface area contributed by atoms with Crippen LogP contribution in [0.5, 0.6) is 0 Å². The molecule has 2 heterocycles. The Morgan fingerprint density at radius 1 is 0.732 bits per heavy atom. The number of hydrogen-bond acceptors (Lipinski definition) is 14. The third-order valence-corrected chi connectivity index (χ3v) is 4.86.